The molecule has 19 heavy (non-hydrogen) atoms. The van der Waals surface area contributed by atoms with Crippen LogP contribution in [-0.2, 0) is 9.53 Å². The van der Waals surface area contributed by atoms with Gasteiger partial charge in [0.2, 0.25) is 0 Å². The van der Waals surface area contributed by atoms with Crippen molar-refractivity contribution in [1.82, 2.24) is 5.32 Å². The summed E-state index contributed by atoms with van der Waals surface area (Å²) in [5, 5.41) is 4.03. The Hall–Kier alpha value is -0.220. The Morgan fingerprint density at radius 2 is 2.26 bits per heavy atom. The average molecular weight is 287 g/mol. The normalized spacial score (nSPS) is 28.3. The van der Waals surface area contributed by atoms with Crippen LogP contribution in [0.5, 0.6) is 0 Å². The fourth-order valence-corrected chi connectivity index (χ4v) is 4.06. The van der Waals surface area contributed by atoms with Crippen LogP contribution in [-0.4, -0.2) is 36.2 Å². The molecule has 0 aromatic heterocycles. The molecule has 1 aliphatic carbocycles. The van der Waals surface area contributed by atoms with Crippen molar-refractivity contribution in [3.63, 3.8) is 0 Å². The van der Waals surface area contributed by atoms with E-state index >= 15 is 0 Å². The molecule has 3 nitrogen and oxygen atoms in total. The molecule has 1 N–H and O–H groups in total. The molecule has 3 unspecified atom stereocenters. The van der Waals surface area contributed by atoms with E-state index in [2.05, 4.69) is 26.1 Å². The van der Waals surface area contributed by atoms with Crippen molar-refractivity contribution in [3.05, 3.63) is 0 Å². The summed E-state index contributed by atoms with van der Waals surface area (Å²) in [5.74, 6) is 1.89. The lowest BCUT2D eigenvalue weighted by Gasteiger charge is -2.27. The van der Waals surface area contributed by atoms with Crippen LogP contribution in [0.25, 0.3) is 0 Å². The third kappa shape index (κ3) is 4.67. The molecule has 1 fully saturated rings. The summed E-state index contributed by atoms with van der Waals surface area (Å²) in [5.41, 5.74) is -0.419. The van der Waals surface area contributed by atoms with Crippen molar-refractivity contribution in [2.24, 2.45) is 5.92 Å². The minimum absolute atomic E-state index is 0.0763. The number of esters is 1. The zero-order chi connectivity index (χ0) is 14.3. The highest BCUT2D eigenvalue weighted by molar-refractivity contribution is 7.99. The maximum Gasteiger partial charge on any atom is 0.326 e. The minimum Gasteiger partial charge on any atom is -0.468 e. The quantitative estimate of drug-likeness (QED) is 0.696. The molecule has 0 amide bonds. The van der Waals surface area contributed by atoms with Crippen molar-refractivity contribution in [2.45, 2.75) is 63.7 Å². The van der Waals surface area contributed by atoms with Gasteiger partial charge in [0, 0.05) is 5.25 Å². The van der Waals surface area contributed by atoms with Crippen molar-refractivity contribution in [1.29, 1.82) is 0 Å². The largest absolute Gasteiger partial charge is 0.468 e. The van der Waals surface area contributed by atoms with Crippen molar-refractivity contribution >= 4 is 17.7 Å². The maximum absolute atomic E-state index is 12.1. The molecule has 1 aliphatic rings. The highest BCUT2D eigenvalue weighted by Gasteiger charge is 2.45. The van der Waals surface area contributed by atoms with E-state index in [4.69, 9.17) is 4.74 Å². The molecule has 0 aromatic rings. The second-order valence-electron chi connectivity index (χ2n) is 5.71. The standard InChI is InChI=1S/C15H29NO2S/c1-5-9-16-15(14(17)18-4)8-7-13(10-15)19-11-12(3)6-2/h12-13,16H,5-11H2,1-4H3. The minimum atomic E-state index is -0.419. The first-order valence-electron chi connectivity index (χ1n) is 7.53. The van der Waals surface area contributed by atoms with Gasteiger partial charge in [-0.1, -0.05) is 27.2 Å². The lowest BCUT2D eigenvalue weighted by atomic mass is 9.97. The van der Waals surface area contributed by atoms with Crippen LogP contribution in [0.1, 0.15) is 52.9 Å². The SMILES string of the molecule is CCCNC1(C(=O)OC)CCC(SCC(C)CC)C1. The molecule has 1 saturated carbocycles. The van der Waals surface area contributed by atoms with Gasteiger partial charge in [0.05, 0.1) is 7.11 Å². The van der Waals surface area contributed by atoms with Crippen LogP contribution in [0, 0.1) is 5.92 Å². The molecule has 0 heterocycles. The average Bonchev–Trinajstić information content (AvgIpc) is 2.86. The van der Waals surface area contributed by atoms with Gasteiger partial charge in [-0.25, -0.2) is 0 Å². The third-order valence-corrected chi connectivity index (χ3v) is 5.71. The Morgan fingerprint density at radius 1 is 1.53 bits per heavy atom. The molecular weight excluding hydrogens is 258 g/mol. The van der Waals surface area contributed by atoms with Crippen LogP contribution in [0.15, 0.2) is 0 Å². The molecule has 0 radical (unpaired) electrons. The van der Waals surface area contributed by atoms with Crippen LogP contribution in [0.2, 0.25) is 0 Å². The molecular formula is C15H29NO2S. The first-order chi connectivity index (χ1) is 9.07. The highest BCUT2D eigenvalue weighted by Crippen LogP contribution is 2.38. The molecule has 1 rings (SSSR count). The van der Waals surface area contributed by atoms with E-state index in [0.29, 0.717) is 5.25 Å². The van der Waals surface area contributed by atoms with Gasteiger partial charge in [-0.3, -0.25) is 4.79 Å². The van der Waals surface area contributed by atoms with Gasteiger partial charge < -0.3 is 10.1 Å². The number of methoxy groups -OCH3 is 1. The van der Waals surface area contributed by atoms with E-state index < -0.39 is 5.54 Å². The second kappa shape index (κ2) is 8.15. The van der Waals surface area contributed by atoms with Gasteiger partial charge in [-0.2, -0.15) is 11.8 Å². The molecule has 0 spiro atoms. The highest BCUT2D eigenvalue weighted by atomic mass is 32.2. The molecule has 0 bridgehead atoms. The van der Waals surface area contributed by atoms with Crippen molar-refractivity contribution < 1.29 is 9.53 Å². The zero-order valence-electron chi connectivity index (χ0n) is 12.8. The smallest absolute Gasteiger partial charge is 0.326 e. The van der Waals surface area contributed by atoms with E-state index in [1.807, 2.05) is 11.8 Å². The number of hydrogen-bond donors (Lipinski definition) is 1. The summed E-state index contributed by atoms with van der Waals surface area (Å²) in [7, 11) is 1.50. The van der Waals surface area contributed by atoms with Gasteiger partial charge in [0.1, 0.15) is 5.54 Å². The Labute approximate surface area is 122 Å². The fraction of sp³-hybridized carbons (Fsp3) is 0.933. The van der Waals surface area contributed by atoms with Crippen LogP contribution >= 0.6 is 11.8 Å². The van der Waals surface area contributed by atoms with Gasteiger partial charge in [-0.15, -0.1) is 0 Å². The van der Waals surface area contributed by atoms with Gasteiger partial charge >= 0.3 is 5.97 Å². The second-order valence-corrected chi connectivity index (χ2v) is 7.05. The summed E-state index contributed by atoms with van der Waals surface area (Å²) in [6.07, 6.45) is 5.23. The van der Waals surface area contributed by atoms with Gasteiger partial charge in [0.15, 0.2) is 0 Å². The maximum atomic E-state index is 12.1. The number of hydrogen-bond acceptors (Lipinski definition) is 4. The summed E-state index contributed by atoms with van der Waals surface area (Å²) in [6, 6.07) is 0. The Bertz CT molecular complexity index is 285. The Morgan fingerprint density at radius 3 is 2.84 bits per heavy atom. The fourth-order valence-electron chi connectivity index (χ4n) is 2.54. The lowest BCUT2D eigenvalue weighted by Crippen LogP contribution is -2.51. The zero-order valence-corrected chi connectivity index (χ0v) is 13.6. The number of carbonyl (C=O) groups excluding carboxylic acids is 1. The van der Waals surface area contributed by atoms with Crippen LogP contribution in [0.4, 0.5) is 0 Å². The van der Waals surface area contributed by atoms with Crippen molar-refractivity contribution in [3.8, 4) is 0 Å². The summed E-state index contributed by atoms with van der Waals surface area (Å²) >= 11 is 2.03. The summed E-state index contributed by atoms with van der Waals surface area (Å²) in [6.45, 7) is 7.55. The first kappa shape index (κ1) is 16.8. The molecule has 112 valence electrons. The number of nitrogens with one attached hydrogen (secondary N) is 1. The Balaban J connectivity index is 2.53. The van der Waals surface area contributed by atoms with Crippen LogP contribution in [0.3, 0.4) is 0 Å². The Kier molecular flexibility index (Phi) is 7.22. The van der Waals surface area contributed by atoms with E-state index in [0.717, 1.165) is 38.1 Å². The first-order valence-corrected chi connectivity index (χ1v) is 8.57. The predicted octanol–water partition coefficient (Wildman–Crippen LogP) is 3.23. The topological polar surface area (TPSA) is 38.3 Å². The molecule has 0 saturated heterocycles. The third-order valence-electron chi connectivity index (χ3n) is 4.07. The van der Waals surface area contributed by atoms with E-state index in [1.54, 1.807) is 0 Å². The van der Waals surface area contributed by atoms with Gasteiger partial charge in [0.25, 0.3) is 0 Å². The summed E-state index contributed by atoms with van der Waals surface area (Å²) in [4.78, 5) is 12.1. The number of thioether (sulfide) groups is 1. The summed E-state index contributed by atoms with van der Waals surface area (Å²) < 4.78 is 5.02. The monoisotopic (exact) mass is 287 g/mol. The van der Waals surface area contributed by atoms with E-state index in [-0.39, 0.29) is 5.97 Å². The molecule has 0 aromatic carbocycles. The predicted molar refractivity (Wildman–Crippen MR) is 82.6 cm³/mol. The molecule has 0 aliphatic heterocycles. The molecule has 4 heteroatoms. The van der Waals surface area contributed by atoms with E-state index in [9.17, 15) is 4.79 Å². The number of carbonyl (C=O) groups is 1. The van der Waals surface area contributed by atoms with Crippen molar-refractivity contribution in [2.75, 3.05) is 19.4 Å². The molecule has 3 atom stereocenters. The lowest BCUT2D eigenvalue weighted by molar-refractivity contribution is -0.148. The number of ether oxygens (including phenoxy) is 1. The van der Waals surface area contributed by atoms with Crippen LogP contribution < -0.4 is 5.32 Å². The van der Waals surface area contributed by atoms with Gasteiger partial charge in [-0.05, 0) is 43.9 Å². The van der Waals surface area contributed by atoms with E-state index in [1.165, 1.54) is 19.3 Å². The number of rotatable bonds is 8.